The molecule has 2 atom stereocenters. The average Bonchev–Trinajstić information content (AvgIpc) is 3.08. The fraction of sp³-hybridized carbons (Fsp3) is 0.333. The molecule has 1 aliphatic rings. The largest absolute Gasteiger partial charge is 0.542 e. The number of rotatable bonds is 10. The average molecular weight is 550 g/mol. The van der Waals surface area contributed by atoms with Gasteiger partial charge < -0.3 is 13.8 Å². The van der Waals surface area contributed by atoms with Crippen LogP contribution in [0.5, 0.6) is 17.2 Å². The minimum atomic E-state index is -0.832. The van der Waals surface area contributed by atoms with Gasteiger partial charge in [-0.05, 0) is 109 Å². The Kier molecular flexibility index (Phi) is 8.96. The lowest BCUT2D eigenvalue weighted by molar-refractivity contribution is 0.214. The van der Waals surface area contributed by atoms with Crippen molar-refractivity contribution in [1.82, 2.24) is 9.47 Å². The number of hydrogen-bond donors (Lipinski definition) is 0. The van der Waals surface area contributed by atoms with Gasteiger partial charge in [-0.2, -0.15) is 0 Å². The zero-order valence-electron chi connectivity index (χ0n) is 21.8. The fourth-order valence-electron chi connectivity index (χ4n) is 5.37. The summed E-state index contributed by atoms with van der Waals surface area (Å²) in [6, 6.07) is 22.4. The SMILES string of the molecule is Cc1c(-c2ccc(OP)cc2)n(Cc2ccc(OCCN3CCCCCC3)cc2)c2ccc(O[PH+]=O)cc12. The van der Waals surface area contributed by atoms with Crippen LogP contribution in [0.25, 0.3) is 22.2 Å². The molecule has 2 heterocycles. The van der Waals surface area contributed by atoms with Crippen LogP contribution >= 0.6 is 18.2 Å². The number of aromatic nitrogens is 1. The van der Waals surface area contributed by atoms with Crippen molar-refractivity contribution in [1.29, 1.82) is 0 Å². The summed E-state index contributed by atoms with van der Waals surface area (Å²) in [6.45, 7) is 6.91. The van der Waals surface area contributed by atoms with Crippen molar-refractivity contribution in [3.63, 3.8) is 0 Å². The summed E-state index contributed by atoms with van der Waals surface area (Å²) in [5.41, 5.74) is 5.67. The van der Waals surface area contributed by atoms with E-state index in [1.54, 1.807) is 0 Å². The molecule has 0 spiro atoms. The van der Waals surface area contributed by atoms with Gasteiger partial charge in [-0.3, -0.25) is 9.42 Å². The second-order valence-electron chi connectivity index (χ2n) is 9.81. The Morgan fingerprint density at radius 1 is 0.868 bits per heavy atom. The highest BCUT2D eigenvalue weighted by Gasteiger charge is 2.18. The lowest BCUT2D eigenvalue weighted by atomic mass is 10.1. The molecule has 8 heteroatoms. The van der Waals surface area contributed by atoms with E-state index >= 15 is 0 Å². The van der Waals surface area contributed by atoms with E-state index in [1.165, 1.54) is 44.3 Å². The van der Waals surface area contributed by atoms with Crippen molar-refractivity contribution in [2.75, 3.05) is 26.2 Å². The van der Waals surface area contributed by atoms with E-state index in [0.29, 0.717) is 12.3 Å². The second-order valence-corrected chi connectivity index (χ2v) is 10.4. The zero-order chi connectivity index (χ0) is 26.3. The Labute approximate surface area is 228 Å². The van der Waals surface area contributed by atoms with Crippen LogP contribution in [-0.2, 0) is 11.1 Å². The van der Waals surface area contributed by atoms with Gasteiger partial charge in [-0.15, -0.1) is 0 Å². The molecule has 38 heavy (non-hydrogen) atoms. The first-order chi connectivity index (χ1) is 18.7. The van der Waals surface area contributed by atoms with Crippen molar-refractivity contribution in [2.24, 2.45) is 0 Å². The van der Waals surface area contributed by atoms with E-state index < -0.39 is 8.69 Å². The summed E-state index contributed by atoms with van der Waals surface area (Å²) in [6.07, 6.45) is 5.30. The van der Waals surface area contributed by atoms with Crippen LogP contribution in [0.3, 0.4) is 0 Å². The normalized spacial score (nSPS) is 14.5. The van der Waals surface area contributed by atoms with Gasteiger partial charge in [-0.25, -0.2) is 0 Å². The maximum Gasteiger partial charge on any atom is 0.542 e. The predicted molar refractivity (Wildman–Crippen MR) is 158 cm³/mol. The Hall–Kier alpha value is -2.91. The van der Waals surface area contributed by atoms with Crippen molar-refractivity contribution in [3.8, 4) is 28.5 Å². The van der Waals surface area contributed by atoms with E-state index in [1.807, 2.05) is 30.3 Å². The summed E-state index contributed by atoms with van der Waals surface area (Å²) >= 11 is 0. The number of hydrogen-bond acceptors (Lipinski definition) is 5. The molecule has 0 amide bonds. The van der Waals surface area contributed by atoms with E-state index in [9.17, 15) is 4.57 Å². The Morgan fingerprint density at radius 3 is 2.24 bits per heavy atom. The standard InChI is InChI=1S/C30H35N2O4P2/c1-22-28-20-27(36-38-33)14-15-29(28)32(30(22)24-8-12-26(35-37)13-9-24)21-23-6-10-25(11-7-23)34-19-18-31-16-4-2-3-5-17-31/h6-15,20,38H,2-5,16-19,21,37H2,1H3/q+1. The van der Waals surface area contributed by atoms with E-state index in [-0.39, 0.29) is 0 Å². The molecule has 0 N–H and O–H groups in total. The topological polar surface area (TPSA) is 52.9 Å². The number of aryl methyl sites for hydroxylation is 1. The molecule has 4 aromatic rings. The van der Waals surface area contributed by atoms with E-state index in [2.05, 4.69) is 62.3 Å². The monoisotopic (exact) mass is 549 g/mol. The molecule has 1 saturated heterocycles. The Bertz CT molecular complexity index is 1360. The van der Waals surface area contributed by atoms with Crippen molar-refractivity contribution in [2.45, 2.75) is 39.2 Å². The Balaban J connectivity index is 1.38. The minimum absolute atomic E-state index is 0.603. The van der Waals surface area contributed by atoms with Gasteiger partial charge in [0.25, 0.3) is 0 Å². The quantitative estimate of drug-likeness (QED) is 0.193. The number of benzene rings is 3. The maximum absolute atomic E-state index is 11.1. The van der Waals surface area contributed by atoms with Crippen molar-refractivity contribution >= 4 is 29.1 Å². The fourth-order valence-corrected chi connectivity index (χ4v) is 5.75. The third-order valence-corrected chi connectivity index (χ3v) is 7.94. The molecule has 5 rings (SSSR count). The highest BCUT2D eigenvalue weighted by atomic mass is 31.1. The lowest BCUT2D eigenvalue weighted by Gasteiger charge is -2.19. The van der Waals surface area contributed by atoms with Gasteiger partial charge in [0.2, 0.25) is 0 Å². The van der Waals surface area contributed by atoms with Crippen LogP contribution in [-0.4, -0.2) is 35.7 Å². The van der Waals surface area contributed by atoms with Crippen LogP contribution in [0, 0.1) is 6.92 Å². The third-order valence-electron chi connectivity index (χ3n) is 7.35. The summed E-state index contributed by atoms with van der Waals surface area (Å²) in [7, 11) is 1.46. The smallest absolute Gasteiger partial charge is 0.492 e. The molecule has 6 nitrogen and oxygen atoms in total. The van der Waals surface area contributed by atoms with E-state index in [4.69, 9.17) is 13.8 Å². The summed E-state index contributed by atoms with van der Waals surface area (Å²) < 4.78 is 30.1. The van der Waals surface area contributed by atoms with Crippen molar-refractivity contribution < 1.29 is 18.3 Å². The molecule has 0 aliphatic carbocycles. The molecular formula is C30H35N2O4P2+. The van der Waals surface area contributed by atoms with Crippen LogP contribution in [0.15, 0.2) is 66.7 Å². The Morgan fingerprint density at radius 2 is 1.55 bits per heavy atom. The highest BCUT2D eigenvalue weighted by molar-refractivity contribution is 7.17. The maximum atomic E-state index is 11.1. The molecule has 1 aromatic heterocycles. The number of likely N-dealkylation sites (tertiary alicyclic amines) is 1. The number of ether oxygens (including phenoxy) is 1. The van der Waals surface area contributed by atoms with E-state index in [0.717, 1.165) is 52.4 Å². The van der Waals surface area contributed by atoms with Crippen LogP contribution < -0.4 is 13.8 Å². The van der Waals surface area contributed by atoms with Crippen LogP contribution in [0.1, 0.15) is 36.8 Å². The number of fused-ring (bicyclic) bond motifs is 1. The molecule has 2 unspecified atom stereocenters. The van der Waals surface area contributed by atoms with Gasteiger partial charge in [0, 0.05) is 24.0 Å². The molecule has 1 fully saturated rings. The molecule has 0 bridgehead atoms. The first kappa shape index (κ1) is 26.7. The van der Waals surface area contributed by atoms with Crippen LogP contribution in [0.2, 0.25) is 0 Å². The second kappa shape index (κ2) is 12.8. The molecule has 198 valence electrons. The molecule has 1 aliphatic heterocycles. The van der Waals surface area contributed by atoms with Crippen molar-refractivity contribution in [3.05, 3.63) is 77.9 Å². The van der Waals surface area contributed by atoms with Gasteiger partial charge in [-0.1, -0.05) is 25.0 Å². The molecule has 0 saturated carbocycles. The third kappa shape index (κ3) is 6.21. The highest BCUT2D eigenvalue weighted by Crippen LogP contribution is 2.37. The summed E-state index contributed by atoms with van der Waals surface area (Å²) in [4.78, 5) is 2.52. The zero-order valence-corrected chi connectivity index (χ0v) is 24.0. The van der Waals surface area contributed by atoms with Crippen LogP contribution in [0.4, 0.5) is 0 Å². The van der Waals surface area contributed by atoms with Gasteiger partial charge >= 0.3 is 8.69 Å². The van der Waals surface area contributed by atoms with Gasteiger partial charge in [0.1, 0.15) is 18.1 Å². The molecular weight excluding hydrogens is 514 g/mol. The first-order valence-corrected chi connectivity index (χ1v) is 14.5. The van der Waals surface area contributed by atoms with Gasteiger partial charge in [0.15, 0.2) is 5.75 Å². The lowest BCUT2D eigenvalue weighted by Crippen LogP contribution is -2.29. The summed E-state index contributed by atoms with van der Waals surface area (Å²) in [5, 5.41) is 1.08. The summed E-state index contributed by atoms with van der Waals surface area (Å²) in [5.74, 6) is 2.30. The molecule has 3 aromatic carbocycles. The molecule has 0 radical (unpaired) electrons. The predicted octanol–water partition coefficient (Wildman–Crippen LogP) is 7.41. The van der Waals surface area contributed by atoms with Gasteiger partial charge in [0.05, 0.1) is 15.2 Å². The first-order valence-electron chi connectivity index (χ1n) is 13.2. The number of nitrogens with zero attached hydrogens (tertiary/aromatic N) is 2. The minimum Gasteiger partial charge on any atom is -0.492 e.